The molecule has 0 radical (unpaired) electrons. The molecule has 0 bridgehead atoms. The molecule has 2 aromatic carbocycles. The zero-order valence-corrected chi connectivity index (χ0v) is 17.4. The van der Waals surface area contributed by atoms with Crippen molar-refractivity contribution in [3.05, 3.63) is 64.7 Å². The number of piperazine rings is 1. The molecule has 1 fully saturated rings. The Morgan fingerprint density at radius 2 is 1.72 bits per heavy atom. The first kappa shape index (κ1) is 21.3. The van der Waals surface area contributed by atoms with Gasteiger partial charge in [0.25, 0.3) is 0 Å². The van der Waals surface area contributed by atoms with E-state index in [1.165, 1.54) is 0 Å². The summed E-state index contributed by atoms with van der Waals surface area (Å²) in [6.07, 6.45) is 0.428. The van der Waals surface area contributed by atoms with Crippen LogP contribution in [0.1, 0.15) is 35.3 Å². The fourth-order valence-electron chi connectivity index (χ4n) is 3.59. The second-order valence-corrected chi connectivity index (χ2v) is 7.72. The van der Waals surface area contributed by atoms with E-state index in [0.717, 1.165) is 43.3 Å². The van der Waals surface area contributed by atoms with E-state index in [2.05, 4.69) is 28.1 Å². The lowest BCUT2D eigenvalue weighted by Gasteiger charge is -2.38. The average Bonchev–Trinajstić information content (AvgIpc) is 2.73. The van der Waals surface area contributed by atoms with Crippen LogP contribution in [0.3, 0.4) is 0 Å². The summed E-state index contributed by atoms with van der Waals surface area (Å²) < 4.78 is 0. The van der Waals surface area contributed by atoms with Crippen LogP contribution in [0.4, 0.5) is 5.69 Å². The number of anilines is 1. The zero-order chi connectivity index (χ0) is 20.8. The number of rotatable bonds is 7. The number of hydrogen-bond acceptors (Lipinski definition) is 4. The first-order valence-electron chi connectivity index (χ1n) is 9.84. The van der Waals surface area contributed by atoms with Gasteiger partial charge in [0, 0.05) is 61.5 Å². The van der Waals surface area contributed by atoms with Gasteiger partial charge in [-0.1, -0.05) is 29.8 Å². The van der Waals surface area contributed by atoms with Crippen LogP contribution < -0.4 is 11.1 Å². The summed E-state index contributed by atoms with van der Waals surface area (Å²) in [6, 6.07) is 14.9. The van der Waals surface area contributed by atoms with E-state index >= 15 is 0 Å². The standard InChI is InChI=1S/C22H27ClN4O2/c1-16(19-4-2-3-5-20(19)23)27-14-12-26(13-15-27)11-10-21(28)25-18-8-6-17(7-9-18)22(24)29/h2-9,16H,10-15H2,1H3,(H2,24,29)(H,25,28). The van der Waals surface area contributed by atoms with Gasteiger partial charge in [0.05, 0.1) is 0 Å². The number of nitrogens with one attached hydrogen (secondary N) is 1. The molecule has 0 aliphatic carbocycles. The number of primary amides is 1. The molecule has 1 aliphatic heterocycles. The van der Waals surface area contributed by atoms with Gasteiger partial charge in [-0.3, -0.25) is 14.5 Å². The highest BCUT2D eigenvalue weighted by Gasteiger charge is 2.23. The van der Waals surface area contributed by atoms with Gasteiger partial charge in [-0.05, 0) is 42.8 Å². The molecule has 1 heterocycles. The molecule has 1 atom stereocenters. The summed E-state index contributed by atoms with van der Waals surface area (Å²) in [4.78, 5) is 28.0. The van der Waals surface area contributed by atoms with Gasteiger partial charge in [0.2, 0.25) is 11.8 Å². The summed E-state index contributed by atoms with van der Waals surface area (Å²) in [6.45, 7) is 6.66. The SMILES string of the molecule is CC(c1ccccc1Cl)N1CCN(CCC(=O)Nc2ccc(C(N)=O)cc2)CC1. The first-order valence-corrected chi connectivity index (χ1v) is 10.2. The second-order valence-electron chi connectivity index (χ2n) is 7.31. The first-order chi connectivity index (χ1) is 13.9. The van der Waals surface area contributed by atoms with Crippen molar-refractivity contribution in [1.29, 1.82) is 0 Å². The van der Waals surface area contributed by atoms with Gasteiger partial charge in [0.1, 0.15) is 0 Å². The Hall–Kier alpha value is -2.41. The van der Waals surface area contributed by atoms with Crippen LogP contribution >= 0.6 is 11.6 Å². The van der Waals surface area contributed by atoms with Crippen molar-refractivity contribution in [3.63, 3.8) is 0 Å². The van der Waals surface area contributed by atoms with Crippen molar-refractivity contribution >= 4 is 29.1 Å². The van der Waals surface area contributed by atoms with Gasteiger partial charge in [-0.15, -0.1) is 0 Å². The van der Waals surface area contributed by atoms with Crippen LogP contribution in [0.25, 0.3) is 0 Å². The topological polar surface area (TPSA) is 78.7 Å². The van der Waals surface area contributed by atoms with Crippen LogP contribution in [0.15, 0.2) is 48.5 Å². The Kier molecular flexibility index (Phi) is 7.25. The minimum Gasteiger partial charge on any atom is -0.366 e. The fourth-order valence-corrected chi connectivity index (χ4v) is 3.88. The van der Waals surface area contributed by atoms with Gasteiger partial charge in [-0.25, -0.2) is 0 Å². The van der Waals surface area contributed by atoms with Gasteiger partial charge in [-0.2, -0.15) is 0 Å². The third-order valence-corrected chi connectivity index (χ3v) is 5.76. The maximum Gasteiger partial charge on any atom is 0.248 e. The van der Waals surface area contributed by atoms with Crippen molar-refractivity contribution in [2.45, 2.75) is 19.4 Å². The molecule has 1 aliphatic rings. The third kappa shape index (κ3) is 5.79. The lowest BCUT2D eigenvalue weighted by atomic mass is 10.1. The summed E-state index contributed by atoms with van der Waals surface area (Å²) in [5, 5.41) is 3.67. The lowest BCUT2D eigenvalue weighted by molar-refractivity contribution is -0.116. The van der Waals surface area contributed by atoms with E-state index in [1.807, 2.05) is 18.2 Å². The van der Waals surface area contributed by atoms with Gasteiger partial charge >= 0.3 is 0 Å². The number of amides is 2. The molecule has 2 aromatic rings. The summed E-state index contributed by atoms with van der Waals surface area (Å²) >= 11 is 6.34. The Morgan fingerprint density at radius 1 is 1.07 bits per heavy atom. The molecule has 2 amide bonds. The zero-order valence-electron chi connectivity index (χ0n) is 16.6. The molecule has 0 aromatic heterocycles. The van der Waals surface area contributed by atoms with E-state index in [4.69, 9.17) is 17.3 Å². The van der Waals surface area contributed by atoms with E-state index in [9.17, 15) is 9.59 Å². The quantitative estimate of drug-likeness (QED) is 0.729. The Morgan fingerprint density at radius 3 is 2.34 bits per heavy atom. The predicted molar refractivity (Wildman–Crippen MR) is 116 cm³/mol. The van der Waals surface area contributed by atoms with Crippen LogP contribution in [0.5, 0.6) is 0 Å². The number of halogens is 1. The van der Waals surface area contributed by atoms with Crippen molar-refractivity contribution in [3.8, 4) is 0 Å². The molecular weight excluding hydrogens is 388 g/mol. The number of nitrogens with zero attached hydrogens (tertiary/aromatic N) is 2. The van der Waals surface area contributed by atoms with Crippen LogP contribution in [0, 0.1) is 0 Å². The molecule has 3 rings (SSSR count). The lowest BCUT2D eigenvalue weighted by Crippen LogP contribution is -2.47. The maximum atomic E-state index is 12.2. The monoisotopic (exact) mass is 414 g/mol. The minimum absolute atomic E-state index is 0.0382. The Bertz CT molecular complexity index is 848. The van der Waals surface area contributed by atoms with E-state index in [0.29, 0.717) is 17.7 Å². The Labute approximate surface area is 176 Å². The highest BCUT2D eigenvalue weighted by molar-refractivity contribution is 6.31. The molecule has 7 heteroatoms. The molecule has 1 saturated heterocycles. The summed E-state index contributed by atoms with van der Waals surface area (Å²) in [7, 11) is 0. The van der Waals surface area contributed by atoms with Crippen molar-refractivity contribution < 1.29 is 9.59 Å². The second kappa shape index (κ2) is 9.87. The van der Waals surface area contributed by atoms with Crippen LogP contribution in [-0.4, -0.2) is 54.3 Å². The predicted octanol–water partition coefficient (Wildman–Crippen LogP) is 3.15. The molecule has 154 valence electrons. The third-order valence-electron chi connectivity index (χ3n) is 5.42. The summed E-state index contributed by atoms with van der Waals surface area (Å²) in [5.41, 5.74) is 7.47. The van der Waals surface area contributed by atoms with Crippen molar-refractivity contribution in [1.82, 2.24) is 9.80 Å². The molecule has 3 N–H and O–H groups in total. The van der Waals surface area contributed by atoms with Gasteiger partial charge in [0.15, 0.2) is 0 Å². The van der Waals surface area contributed by atoms with E-state index in [1.54, 1.807) is 24.3 Å². The number of benzene rings is 2. The highest BCUT2D eigenvalue weighted by Crippen LogP contribution is 2.27. The minimum atomic E-state index is -0.481. The Balaban J connectivity index is 1.42. The molecule has 1 unspecified atom stereocenters. The van der Waals surface area contributed by atoms with Crippen molar-refractivity contribution in [2.24, 2.45) is 5.73 Å². The van der Waals surface area contributed by atoms with Crippen molar-refractivity contribution in [2.75, 3.05) is 38.0 Å². The number of carbonyl (C=O) groups is 2. The molecule has 0 spiro atoms. The molecule has 29 heavy (non-hydrogen) atoms. The largest absolute Gasteiger partial charge is 0.366 e. The van der Waals surface area contributed by atoms with E-state index in [-0.39, 0.29) is 11.9 Å². The number of carbonyl (C=O) groups excluding carboxylic acids is 2. The number of nitrogens with two attached hydrogens (primary N) is 1. The number of hydrogen-bond donors (Lipinski definition) is 2. The molecule has 6 nitrogen and oxygen atoms in total. The van der Waals surface area contributed by atoms with Gasteiger partial charge < -0.3 is 16.0 Å². The van der Waals surface area contributed by atoms with E-state index < -0.39 is 5.91 Å². The highest BCUT2D eigenvalue weighted by atomic mass is 35.5. The van der Waals surface area contributed by atoms with Crippen LogP contribution in [0.2, 0.25) is 5.02 Å². The summed E-state index contributed by atoms with van der Waals surface area (Å²) in [5.74, 6) is -0.519. The normalized spacial score (nSPS) is 16.3. The maximum absolute atomic E-state index is 12.2. The van der Waals surface area contributed by atoms with Crippen LogP contribution in [-0.2, 0) is 4.79 Å². The average molecular weight is 415 g/mol. The fraction of sp³-hybridized carbons (Fsp3) is 0.364. The smallest absolute Gasteiger partial charge is 0.248 e. The molecule has 0 saturated carbocycles. The molecular formula is C22H27ClN4O2.